The van der Waals surface area contributed by atoms with E-state index in [0.29, 0.717) is 0 Å². The monoisotopic (exact) mass is 624 g/mol. The second-order valence-corrected chi connectivity index (χ2v) is 13.5. The number of hydrogen-bond donors (Lipinski definition) is 0. The minimum absolute atomic E-state index is 1.12. The first-order chi connectivity index (χ1) is 22.8. The summed E-state index contributed by atoms with van der Waals surface area (Å²) in [6.07, 6.45) is 0. The largest absolute Gasteiger partial charge is 0.310 e. The summed E-state index contributed by atoms with van der Waals surface area (Å²) in [6.45, 7) is 0. The number of hydrogen-bond acceptors (Lipinski definition) is 4. The van der Waals surface area contributed by atoms with Crippen LogP contribution in [-0.4, -0.2) is 0 Å². The van der Waals surface area contributed by atoms with E-state index in [9.17, 15) is 0 Å². The summed E-state index contributed by atoms with van der Waals surface area (Å²) in [7, 11) is 0. The molecule has 0 fully saturated rings. The van der Waals surface area contributed by atoms with E-state index < -0.39 is 0 Å². The van der Waals surface area contributed by atoms with Crippen molar-refractivity contribution in [3.63, 3.8) is 0 Å². The van der Waals surface area contributed by atoms with Crippen molar-refractivity contribution in [1.82, 2.24) is 0 Å². The molecule has 218 valence electrons. The van der Waals surface area contributed by atoms with E-state index in [4.69, 9.17) is 0 Å². The Balaban J connectivity index is 1.36. The summed E-state index contributed by atoms with van der Waals surface area (Å²) < 4.78 is 5.17. The van der Waals surface area contributed by atoms with E-state index in [1.165, 1.54) is 40.3 Å². The van der Waals surface area contributed by atoms with Crippen LogP contribution in [-0.2, 0) is 0 Å². The van der Waals surface area contributed by atoms with Crippen LogP contribution in [0.5, 0.6) is 0 Å². The fourth-order valence-corrected chi connectivity index (χ4v) is 8.82. The van der Waals surface area contributed by atoms with E-state index in [2.05, 4.69) is 180 Å². The van der Waals surface area contributed by atoms with Crippen molar-refractivity contribution < 1.29 is 0 Å². The molecule has 0 amide bonds. The SMILES string of the molecule is c1ccc(N(c2ccccc2)c2cc(N(c3ccccc3)c3ccc4sc5ccccc5c4c3)c3sc4ccccc4c3c2)cc1. The summed E-state index contributed by atoms with van der Waals surface area (Å²) in [5, 5.41) is 5.13. The smallest absolute Gasteiger partial charge is 0.0661 e. The van der Waals surface area contributed by atoms with Gasteiger partial charge in [0.2, 0.25) is 0 Å². The summed E-state index contributed by atoms with van der Waals surface area (Å²) in [4.78, 5) is 4.81. The van der Waals surface area contributed by atoms with Gasteiger partial charge in [-0.25, -0.2) is 0 Å². The van der Waals surface area contributed by atoms with Crippen molar-refractivity contribution in [2.75, 3.05) is 9.80 Å². The molecule has 0 unspecified atom stereocenters. The van der Waals surface area contributed by atoms with E-state index in [1.807, 2.05) is 22.7 Å². The van der Waals surface area contributed by atoms with Gasteiger partial charge >= 0.3 is 0 Å². The number of para-hydroxylation sites is 3. The van der Waals surface area contributed by atoms with Crippen LogP contribution >= 0.6 is 22.7 Å². The lowest BCUT2D eigenvalue weighted by molar-refractivity contribution is 1.27. The molecule has 2 aromatic heterocycles. The van der Waals surface area contributed by atoms with E-state index in [-0.39, 0.29) is 0 Å². The zero-order valence-corrected chi connectivity index (χ0v) is 26.5. The predicted octanol–water partition coefficient (Wildman–Crippen LogP) is 13.4. The topological polar surface area (TPSA) is 6.48 Å². The Bertz CT molecular complexity index is 2440. The lowest BCUT2D eigenvalue weighted by atomic mass is 10.1. The van der Waals surface area contributed by atoms with Gasteiger partial charge in [-0.05, 0) is 78.9 Å². The average Bonchev–Trinajstić information content (AvgIpc) is 3.68. The number of benzene rings is 7. The maximum atomic E-state index is 2.45. The predicted molar refractivity (Wildman–Crippen MR) is 202 cm³/mol. The zero-order valence-electron chi connectivity index (χ0n) is 24.9. The van der Waals surface area contributed by atoms with Crippen molar-refractivity contribution >= 4 is 97.1 Å². The second kappa shape index (κ2) is 11.2. The highest BCUT2D eigenvalue weighted by Gasteiger charge is 2.23. The standard InChI is InChI=1S/C42H28N2S2/c1-4-14-29(15-5-1)43(30-16-6-2-7-17-30)33-27-37-35-21-11-13-23-40(35)46-42(37)38(28-33)44(31-18-8-3-9-19-31)32-24-25-41-36(26-32)34-20-10-12-22-39(34)45-41/h1-28H. The average molecular weight is 625 g/mol. The van der Waals surface area contributed by atoms with Crippen LogP contribution in [0.3, 0.4) is 0 Å². The molecule has 9 aromatic rings. The highest BCUT2D eigenvalue weighted by atomic mass is 32.1. The van der Waals surface area contributed by atoms with E-state index >= 15 is 0 Å². The van der Waals surface area contributed by atoms with Crippen LogP contribution in [0.25, 0.3) is 40.3 Å². The third-order valence-corrected chi connectivity index (χ3v) is 11.0. The van der Waals surface area contributed by atoms with Gasteiger partial charge in [-0.2, -0.15) is 0 Å². The Labute approximate surface area is 275 Å². The first-order valence-electron chi connectivity index (χ1n) is 15.4. The molecule has 0 spiro atoms. The number of anilines is 6. The van der Waals surface area contributed by atoms with Gasteiger partial charge in [0.1, 0.15) is 0 Å². The minimum Gasteiger partial charge on any atom is -0.310 e. The number of fused-ring (bicyclic) bond motifs is 6. The first kappa shape index (κ1) is 26.9. The molecule has 2 nitrogen and oxygen atoms in total. The normalized spacial score (nSPS) is 11.5. The Morgan fingerprint density at radius 3 is 1.41 bits per heavy atom. The molecule has 0 aliphatic heterocycles. The Morgan fingerprint density at radius 1 is 0.304 bits per heavy atom. The van der Waals surface area contributed by atoms with Crippen molar-refractivity contribution in [3.8, 4) is 0 Å². The molecule has 0 aliphatic carbocycles. The summed E-state index contributed by atoms with van der Waals surface area (Å²) in [5.74, 6) is 0. The highest BCUT2D eigenvalue weighted by molar-refractivity contribution is 7.26. The number of nitrogens with zero attached hydrogens (tertiary/aromatic N) is 2. The van der Waals surface area contributed by atoms with E-state index in [0.717, 1.165) is 34.1 Å². The van der Waals surface area contributed by atoms with Gasteiger partial charge in [0, 0.05) is 64.1 Å². The molecule has 0 radical (unpaired) electrons. The van der Waals surface area contributed by atoms with Crippen LogP contribution in [0.15, 0.2) is 170 Å². The summed E-state index contributed by atoms with van der Waals surface area (Å²) in [5.41, 5.74) is 6.79. The fraction of sp³-hybridized carbons (Fsp3) is 0. The molecule has 0 bridgehead atoms. The lowest BCUT2D eigenvalue weighted by Gasteiger charge is -2.30. The van der Waals surface area contributed by atoms with Crippen LogP contribution in [0.1, 0.15) is 0 Å². The van der Waals surface area contributed by atoms with Crippen LogP contribution in [0.2, 0.25) is 0 Å². The summed E-state index contributed by atoms with van der Waals surface area (Å²) >= 11 is 3.73. The third-order valence-electron chi connectivity index (χ3n) is 8.60. The molecule has 46 heavy (non-hydrogen) atoms. The number of thiophene rings is 2. The molecular weight excluding hydrogens is 597 g/mol. The second-order valence-electron chi connectivity index (χ2n) is 11.4. The van der Waals surface area contributed by atoms with Gasteiger partial charge in [0.15, 0.2) is 0 Å². The van der Waals surface area contributed by atoms with Crippen molar-refractivity contribution in [3.05, 3.63) is 170 Å². The molecule has 4 heteroatoms. The zero-order chi connectivity index (χ0) is 30.5. The third kappa shape index (κ3) is 4.54. The number of rotatable bonds is 6. The van der Waals surface area contributed by atoms with E-state index in [1.54, 1.807) is 0 Å². The molecular formula is C42H28N2S2. The molecule has 0 N–H and O–H groups in total. The van der Waals surface area contributed by atoms with Gasteiger partial charge in [-0.15, -0.1) is 22.7 Å². The Kier molecular flexibility index (Phi) is 6.55. The van der Waals surface area contributed by atoms with Crippen LogP contribution < -0.4 is 9.80 Å². The van der Waals surface area contributed by atoms with Gasteiger partial charge in [0.25, 0.3) is 0 Å². The lowest BCUT2D eigenvalue weighted by Crippen LogP contribution is -2.13. The van der Waals surface area contributed by atoms with Gasteiger partial charge in [-0.1, -0.05) is 91.0 Å². The first-order valence-corrected chi connectivity index (χ1v) is 17.1. The van der Waals surface area contributed by atoms with Gasteiger partial charge in [0.05, 0.1) is 10.4 Å². The maximum Gasteiger partial charge on any atom is 0.0661 e. The Morgan fingerprint density at radius 2 is 0.783 bits per heavy atom. The molecule has 0 saturated heterocycles. The molecule has 0 atom stereocenters. The molecule has 7 aromatic carbocycles. The fourth-order valence-electron chi connectivity index (χ4n) is 6.55. The van der Waals surface area contributed by atoms with Crippen molar-refractivity contribution in [2.45, 2.75) is 0 Å². The van der Waals surface area contributed by atoms with Crippen molar-refractivity contribution in [1.29, 1.82) is 0 Å². The van der Waals surface area contributed by atoms with Crippen LogP contribution in [0.4, 0.5) is 34.1 Å². The minimum atomic E-state index is 1.12. The Hall–Kier alpha value is -5.42. The summed E-state index contributed by atoms with van der Waals surface area (Å²) in [6, 6.07) is 61.4. The molecule has 0 aliphatic rings. The van der Waals surface area contributed by atoms with Gasteiger partial charge in [-0.3, -0.25) is 0 Å². The molecule has 2 heterocycles. The highest BCUT2D eigenvalue weighted by Crippen LogP contribution is 2.49. The van der Waals surface area contributed by atoms with Gasteiger partial charge < -0.3 is 9.80 Å². The molecule has 0 saturated carbocycles. The quantitative estimate of drug-likeness (QED) is 0.182. The van der Waals surface area contributed by atoms with Crippen molar-refractivity contribution in [2.24, 2.45) is 0 Å². The molecule has 9 rings (SSSR count). The maximum absolute atomic E-state index is 2.45. The van der Waals surface area contributed by atoms with Crippen LogP contribution in [0, 0.1) is 0 Å².